The maximum absolute atomic E-state index is 10.2. The number of ether oxygens (including phenoxy) is 1. The molecule has 0 aliphatic heterocycles. The van der Waals surface area contributed by atoms with Crippen molar-refractivity contribution < 1.29 is 36.8 Å². The third-order valence-electron chi connectivity index (χ3n) is 0.643. The summed E-state index contributed by atoms with van der Waals surface area (Å²) in [5.74, 6) is -0.202. The van der Waals surface area contributed by atoms with Crippen LogP contribution in [0.1, 0.15) is 6.92 Å². The molecule has 0 atom stereocenters. The van der Waals surface area contributed by atoms with E-state index in [0.717, 1.165) is 0 Å². The molecular weight excluding hydrogens is 234 g/mol. The molecule has 1 heterocycles. The molecular formula is C4H5CdN3O2. The molecule has 0 unspecified atom stereocenters. The average Bonchev–Trinajstić information content (AvgIpc) is 2.15. The quantitative estimate of drug-likeness (QED) is 0.541. The van der Waals surface area contributed by atoms with Gasteiger partial charge < -0.3 is 4.74 Å². The van der Waals surface area contributed by atoms with Gasteiger partial charge in [-0.3, -0.25) is 9.89 Å². The third kappa shape index (κ3) is 2.90. The first-order valence-electron chi connectivity index (χ1n) is 2.34. The summed E-state index contributed by atoms with van der Waals surface area (Å²) in [7, 11) is 0. The van der Waals surface area contributed by atoms with Gasteiger partial charge in [0, 0.05) is 34.2 Å². The maximum Gasteiger partial charge on any atom is 0.309 e. The molecule has 1 aromatic rings. The summed E-state index contributed by atoms with van der Waals surface area (Å²) in [5.41, 5.74) is 0. The molecule has 5 nitrogen and oxygen atoms in total. The summed E-state index contributed by atoms with van der Waals surface area (Å²) < 4.78 is 4.51. The van der Waals surface area contributed by atoms with Gasteiger partial charge in [-0.2, -0.15) is 0 Å². The van der Waals surface area contributed by atoms with Crippen LogP contribution in [0.2, 0.25) is 0 Å². The summed E-state index contributed by atoms with van der Waals surface area (Å²) in [6.07, 6.45) is 1.39. The zero-order valence-electron chi connectivity index (χ0n) is 5.50. The van der Waals surface area contributed by atoms with E-state index < -0.39 is 5.97 Å². The van der Waals surface area contributed by atoms with E-state index in [9.17, 15) is 4.79 Å². The van der Waals surface area contributed by atoms with Crippen LogP contribution in [0.25, 0.3) is 0 Å². The van der Waals surface area contributed by atoms with E-state index in [0.29, 0.717) is 0 Å². The Morgan fingerprint density at radius 2 is 2.50 bits per heavy atom. The van der Waals surface area contributed by atoms with Gasteiger partial charge in [-0.25, -0.2) is 0 Å². The van der Waals surface area contributed by atoms with Crippen LogP contribution in [-0.4, -0.2) is 21.4 Å². The van der Waals surface area contributed by atoms with E-state index in [1.807, 2.05) is 0 Å². The van der Waals surface area contributed by atoms with Crippen LogP contribution in [0.3, 0.4) is 0 Å². The van der Waals surface area contributed by atoms with Crippen molar-refractivity contribution in [1.82, 2.24) is 15.4 Å². The molecule has 0 spiro atoms. The second kappa shape index (κ2) is 4.36. The second-order valence-electron chi connectivity index (χ2n) is 1.41. The summed E-state index contributed by atoms with van der Waals surface area (Å²) >= 11 is 0. The van der Waals surface area contributed by atoms with Crippen molar-refractivity contribution >= 4 is 5.97 Å². The molecule has 0 aliphatic rings. The van der Waals surface area contributed by atoms with Crippen LogP contribution >= 0.6 is 0 Å². The smallest absolute Gasteiger partial charge is 0.309 e. The van der Waals surface area contributed by atoms with E-state index in [-0.39, 0.29) is 33.2 Å². The number of hydrogen-bond donors (Lipinski definition) is 1. The standard InChI is InChI=1S/C4H5N3O2.Cd/c1-3(8)9-4-2-5-7-6-4;/h2H,1H3,(H,5,6,7);. The molecule has 0 saturated carbocycles. The van der Waals surface area contributed by atoms with Gasteiger partial charge in [0.25, 0.3) is 5.88 Å². The van der Waals surface area contributed by atoms with Crippen molar-refractivity contribution in [3.05, 3.63) is 6.20 Å². The van der Waals surface area contributed by atoms with Gasteiger partial charge in [0.15, 0.2) is 0 Å². The fourth-order valence-corrected chi connectivity index (χ4v) is 0.388. The largest absolute Gasteiger partial charge is 0.404 e. The van der Waals surface area contributed by atoms with E-state index in [2.05, 4.69) is 20.1 Å². The Morgan fingerprint density at radius 3 is 2.90 bits per heavy atom. The molecule has 1 N–H and O–H groups in total. The summed E-state index contributed by atoms with van der Waals surface area (Å²) in [6.45, 7) is 1.30. The molecule has 6 heteroatoms. The average molecular weight is 240 g/mol. The van der Waals surface area contributed by atoms with Gasteiger partial charge in [0.2, 0.25) is 0 Å². The number of esters is 1. The van der Waals surface area contributed by atoms with E-state index >= 15 is 0 Å². The van der Waals surface area contributed by atoms with Crippen molar-refractivity contribution in [2.45, 2.75) is 6.92 Å². The van der Waals surface area contributed by atoms with Crippen LogP contribution in [0.15, 0.2) is 6.20 Å². The van der Waals surface area contributed by atoms with Crippen molar-refractivity contribution in [3.63, 3.8) is 0 Å². The van der Waals surface area contributed by atoms with Crippen molar-refractivity contribution in [1.29, 1.82) is 0 Å². The molecule has 0 aromatic carbocycles. The van der Waals surface area contributed by atoms with E-state index in [1.54, 1.807) is 0 Å². The van der Waals surface area contributed by atoms with Crippen LogP contribution < -0.4 is 4.74 Å². The van der Waals surface area contributed by atoms with Crippen molar-refractivity contribution in [2.75, 3.05) is 0 Å². The summed E-state index contributed by atoms with van der Waals surface area (Å²) in [5, 5.41) is 9.13. The zero-order chi connectivity index (χ0) is 6.69. The normalized spacial score (nSPS) is 8.10. The Bertz CT molecular complexity index is 198. The molecule has 1 aromatic heterocycles. The number of aromatic nitrogens is 3. The number of rotatable bonds is 1. The predicted molar refractivity (Wildman–Crippen MR) is 27.7 cm³/mol. The van der Waals surface area contributed by atoms with Crippen LogP contribution in [0.4, 0.5) is 0 Å². The first kappa shape index (κ1) is 9.53. The Morgan fingerprint density at radius 1 is 1.80 bits per heavy atom. The number of aromatic amines is 1. The van der Waals surface area contributed by atoms with Crippen LogP contribution in [-0.2, 0) is 32.1 Å². The SMILES string of the molecule is CC(=O)Oc1c[nH]nn1.[Cd]. The van der Waals surface area contributed by atoms with E-state index in [4.69, 9.17) is 0 Å². The van der Waals surface area contributed by atoms with Gasteiger partial charge >= 0.3 is 5.97 Å². The first-order valence-corrected chi connectivity index (χ1v) is 2.34. The fraction of sp³-hybridized carbons (Fsp3) is 0.250. The molecule has 0 amide bonds. The Labute approximate surface area is 77.3 Å². The number of carbonyl (C=O) groups is 1. The second-order valence-corrected chi connectivity index (χ2v) is 1.41. The summed E-state index contributed by atoms with van der Waals surface area (Å²) in [6, 6.07) is 0. The minimum absolute atomic E-state index is 0. The van der Waals surface area contributed by atoms with Crippen molar-refractivity contribution in [3.8, 4) is 5.88 Å². The molecule has 10 heavy (non-hydrogen) atoms. The minimum Gasteiger partial charge on any atom is -0.404 e. The fourth-order valence-electron chi connectivity index (χ4n) is 0.388. The maximum atomic E-state index is 10.2. The van der Waals surface area contributed by atoms with Crippen LogP contribution in [0.5, 0.6) is 5.88 Å². The topological polar surface area (TPSA) is 67.9 Å². The molecule has 0 saturated heterocycles. The molecule has 0 fully saturated rings. The van der Waals surface area contributed by atoms with Gasteiger partial charge in [0.1, 0.15) is 0 Å². The van der Waals surface area contributed by atoms with Gasteiger partial charge in [0.05, 0.1) is 6.20 Å². The molecule has 50 valence electrons. The monoisotopic (exact) mass is 241 g/mol. The summed E-state index contributed by atoms with van der Waals surface area (Å²) in [4.78, 5) is 10.2. The third-order valence-corrected chi connectivity index (χ3v) is 0.643. The van der Waals surface area contributed by atoms with E-state index in [1.165, 1.54) is 13.1 Å². The number of nitrogens with one attached hydrogen (secondary N) is 1. The number of nitrogens with zero attached hydrogens (tertiary/aromatic N) is 2. The minimum atomic E-state index is -0.399. The number of hydrogen-bond acceptors (Lipinski definition) is 4. The Hall–Kier alpha value is -0.468. The molecule has 0 aliphatic carbocycles. The zero-order valence-corrected chi connectivity index (χ0v) is 9.53. The molecule has 0 radical (unpaired) electrons. The molecule has 1 rings (SSSR count). The van der Waals surface area contributed by atoms with Crippen molar-refractivity contribution in [2.24, 2.45) is 0 Å². The first-order chi connectivity index (χ1) is 4.29. The number of carbonyl (C=O) groups excluding carboxylic acids is 1. The predicted octanol–water partition coefficient (Wildman–Crippen LogP) is -0.273. The Balaban J connectivity index is 0.000000810. The number of H-pyrrole nitrogens is 1. The van der Waals surface area contributed by atoms with Gasteiger partial charge in [-0.15, -0.1) is 0 Å². The Kier molecular flexibility index (Phi) is 4.16. The van der Waals surface area contributed by atoms with Crippen LogP contribution in [0, 0.1) is 0 Å². The molecule has 0 bridgehead atoms. The van der Waals surface area contributed by atoms with Gasteiger partial charge in [-0.1, -0.05) is 10.3 Å². The van der Waals surface area contributed by atoms with Gasteiger partial charge in [-0.05, 0) is 0 Å².